The van der Waals surface area contributed by atoms with Crippen molar-refractivity contribution >= 4 is 11.9 Å². The van der Waals surface area contributed by atoms with Crippen LogP contribution < -0.4 is 10.6 Å². The zero-order chi connectivity index (χ0) is 14.4. The van der Waals surface area contributed by atoms with E-state index in [9.17, 15) is 9.59 Å². The number of piperidine rings is 1. The third-order valence-electron chi connectivity index (χ3n) is 3.45. The van der Waals surface area contributed by atoms with Gasteiger partial charge in [-0.05, 0) is 32.9 Å². The van der Waals surface area contributed by atoms with E-state index in [1.165, 1.54) is 4.90 Å². The normalized spacial score (nSPS) is 21.6. The van der Waals surface area contributed by atoms with Crippen LogP contribution in [-0.4, -0.2) is 67.6 Å². The van der Waals surface area contributed by atoms with Crippen LogP contribution in [0, 0.1) is 0 Å². The van der Waals surface area contributed by atoms with Gasteiger partial charge in [0, 0.05) is 26.7 Å². The molecule has 1 aliphatic rings. The van der Waals surface area contributed by atoms with Crippen LogP contribution in [0.25, 0.3) is 0 Å². The van der Waals surface area contributed by atoms with Crippen molar-refractivity contribution in [1.82, 2.24) is 20.4 Å². The molecule has 1 fully saturated rings. The molecule has 0 aromatic carbocycles. The van der Waals surface area contributed by atoms with Crippen LogP contribution in [0.1, 0.15) is 26.7 Å². The summed E-state index contributed by atoms with van der Waals surface area (Å²) in [4.78, 5) is 27.3. The molecule has 1 heterocycles. The minimum absolute atomic E-state index is 0.103. The Kier molecular flexibility index (Phi) is 6.08. The maximum Gasteiger partial charge on any atom is 0.315 e. The topological polar surface area (TPSA) is 64.7 Å². The number of amides is 3. The number of nitrogens with zero attached hydrogens (tertiary/aromatic N) is 2. The third-order valence-corrected chi connectivity index (χ3v) is 3.45. The lowest BCUT2D eigenvalue weighted by atomic mass is 10.1. The van der Waals surface area contributed by atoms with Crippen LogP contribution in [0.15, 0.2) is 0 Å². The number of hydrogen-bond acceptors (Lipinski definition) is 3. The van der Waals surface area contributed by atoms with E-state index < -0.39 is 6.04 Å². The molecule has 0 aromatic rings. The van der Waals surface area contributed by atoms with Crippen LogP contribution in [0.4, 0.5) is 4.79 Å². The molecule has 6 heteroatoms. The molecule has 0 saturated carbocycles. The zero-order valence-corrected chi connectivity index (χ0v) is 12.4. The van der Waals surface area contributed by atoms with Gasteiger partial charge in [0.05, 0.1) is 0 Å². The molecule has 19 heavy (non-hydrogen) atoms. The van der Waals surface area contributed by atoms with Gasteiger partial charge in [-0.2, -0.15) is 0 Å². The number of carbonyl (C=O) groups excluding carboxylic acids is 2. The van der Waals surface area contributed by atoms with Crippen LogP contribution in [0.5, 0.6) is 0 Å². The Morgan fingerprint density at radius 2 is 2.11 bits per heavy atom. The molecule has 2 atom stereocenters. The van der Waals surface area contributed by atoms with E-state index in [1.807, 2.05) is 0 Å². The minimum atomic E-state index is -0.499. The fourth-order valence-corrected chi connectivity index (χ4v) is 2.33. The van der Waals surface area contributed by atoms with Gasteiger partial charge in [-0.1, -0.05) is 6.92 Å². The lowest BCUT2D eigenvalue weighted by Gasteiger charge is -2.32. The summed E-state index contributed by atoms with van der Waals surface area (Å²) in [6, 6.07) is -0.582. The lowest BCUT2D eigenvalue weighted by molar-refractivity contribution is -0.130. The summed E-state index contributed by atoms with van der Waals surface area (Å²) in [5, 5.41) is 5.63. The Morgan fingerprint density at radius 3 is 2.68 bits per heavy atom. The quantitative estimate of drug-likeness (QED) is 0.769. The van der Waals surface area contributed by atoms with Crippen LogP contribution >= 0.6 is 0 Å². The fourth-order valence-electron chi connectivity index (χ4n) is 2.33. The first kappa shape index (κ1) is 15.8. The second-order valence-electron chi connectivity index (χ2n) is 5.30. The number of urea groups is 1. The van der Waals surface area contributed by atoms with Crippen LogP contribution in [0.3, 0.4) is 0 Å². The third kappa shape index (κ3) is 5.06. The Hall–Kier alpha value is -1.30. The van der Waals surface area contributed by atoms with E-state index in [2.05, 4.69) is 22.5 Å². The Labute approximate surface area is 115 Å². The first-order chi connectivity index (χ1) is 8.93. The molecule has 2 N–H and O–H groups in total. The standard InChI is InChI=1S/C13H26N4O2/c1-5-17-8-6-7-11(9-17)15-13(19)14-10(2)12(18)16(3)4/h10-11H,5-9H2,1-4H3,(H2,14,15,19)/t10-,11+/m0/s1. The summed E-state index contributed by atoms with van der Waals surface area (Å²) in [7, 11) is 3.36. The molecule has 3 amide bonds. The average molecular weight is 270 g/mol. The second kappa shape index (κ2) is 7.33. The Morgan fingerprint density at radius 1 is 1.42 bits per heavy atom. The van der Waals surface area contributed by atoms with Crippen molar-refractivity contribution in [2.45, 2.75) is 38.8 Å². The Bertz CT molecular complexity index is 320. The molecule has 110 valence electrons. The van der Waals surface area contributed by atoms with Crippen LogP contribution in [-0.2, 0) is 4.79 Å². The fraction of sp³-hybridized carbons (Fsp3) is 0.846. The molecule has 1 rings (SSSR count). The molecule has 0 spiro atoms. The summed E-state index contributed by atoms with van der Waals surface area (Å²) in [6.45, 7) is 6.82. The van der Waals surface area contributed by atoms with Gasteiger partial charge in [0.1, 0.15) is 6.04 Å². The van der Waals surface area contributed by atoms with E-state index in [0.29, 0.717) is 0 Å². The van der Waals surface area contributed by atoms with Crippen LogP contribution in [0.2, 0.25) is 0 Å². The van der Waals surface area contributed by atoms with Crippen molar-refractivity contribution in [3.63, 3.8) is 0 Å². The van der Waals surface area contributed by atoms with Gasteiger partial charge < -0.3 is 20.4 Å². The highest BCUT2D eigenvalue weighted by Crippen LogP contribution is 2.09. The number of likely N-dealkylation sites (tertiary alicyclic amines) is 1. The highest BCUT2D eigenvalue weighted by molar-refractivity contribution is 5.86. The molecule has 0 bridgehead atoms. The summed E-state index contributed by atoms with van der Waals surface area (Å²) >= 11 is 0. The largest absolute Gasteiger partial charge is 0.347 e. The average Bonchev–Trinajstić information content (AvgIpc) is 2.37. The van der Waals surface area contributed by atoms with Crippen molar-refractivity contribution in [3.05, 3.63) is 0 Å². The van der Waals surface area contributed by atoms with Crippen molar-refractivity contribution in [2.75, 3.05) is 33.7 Å². The number of likely N-dealkylation sites (N-methyl/N-ethyl adjacent to an activating group) is 2. The molecule has 6 nitrogen and oxygen atoms in total. The molecule has 0 aromatic heterocycles. The van der Waals surface area contributed by atoms with Gasteiger partial charge in [0.15, 0.2) is 0 Å². The van der Waals surface area contributed by atoms with Crippen molar-refractivity contribution in [1.29, 1.82) is 0 Å². The van der Waals surface area contributed by atoms with Crippen molar-refractivity contribution in [2.24, 2.45) is 0 Å². The van der Waals surface area contributed by atoms with Gasteiger partial charge in [0.2, 0.25) is 5.91 Å². The summed E-state index contributed by atoms with van der Waals surface area (Å²) in [6.07, 6.45) is 2.10. The second-order valence-corrected chi connectivity index (χ2v) is 5.30. The highest BCUT2D eigenvalue weighted by atomic mass is 16.2. The van der Waals surface area contributed by atoms with Gasteiger partial charge >= 0.3 is 6.03 Å². The number of rotatable bonds is 4. The molecule has 1 saturated heterocycles. The first-order valence-corrected chi connectivity index (χ1v) is 6.94. The van der Waals surface area contributed by atoms with Gasteiger partial charge in [-0.3, -0.25) is 4.79 Å². The smallest absolute Gasteiger partial charge is 0.315 e. The number of hydrogen-bond donors (Lipinski definition) is 2. The zero-order valence-electron chi connectivity index (χ0n) is 12.4. The van der Waals surface area contributed by atoms with Gasteiger partial charge in [0.25, 0.3) is 0 Å². The monoisotopic (exact) mass is 270 g/mol. The van der Waals surface area contributed by atoms with E-state index in [4.69, 9.17) is 0 Å². The number of carbonyl (C=O) groups is 2. The highest BCUT2D eigenvalue weighted by Gasteiger charge is 2.22. The summed E-state index contributed by atoms with van der Waals surface area (Å²) in [5.41, 5.74) is 0. The molecule has 1 aliphatic heterocycles. The van der Waals surface area contributed by atoms with E-state index >= 15 is 0 Å². The first-order valence-electron chi connectivity index (χ1n) is 6.94. The predicted octanol–water partition coefficient (Wildman–Crippen LogP) is 0.247. The maximum absolute atomic E-state index is 11.8. The predicted molar refractivity (Wildman–Crippen MR) is 75.0 cm³/mol. The molecule has 0 unspecified atom stereocenters. The van der Waals surface area contributed by atoms with Crippen molar-refractivity contribution in [3.8, 4) is 0 Å². The molecule has 0 radical (unpaired) electrons. The minimum Gasteiger partial charge on any atom is -0.347 e. The maximum atomic E-state index is 11.8. The van der Waals surface area contributed by atoms with E-state index in [-0.39, 0.29) is 18.0 Å². The SMILES string of the molecule is CCN1CCC[C@@H](NC(=O)N[C@@H](C)C(=O)N(C)C)C1. The molecular weight excluding hydrogens is 244 g/mol. The van der Waals surface area contributed by atoms with Gasteiger partial charge in [-0.15, -0.1) is 0 Å². The summed E-state index contributed by atoms with van der Waals surface area (Å²) in [5.74, 6) is -0.103. The Balaban J connectivity index is 2.36. The molecular formula is C13H26N4O2. The summed E-state index contributed by atoms with van der Waals surface area (Å²) < 4.78 is 0. The lowest BCUT2D eigenvalue weighted by Crippen LogP contribution is -2.54. The van der Waals surface area contributed by atoms with E-state index in [0.717, 1.165) is 32.5 Å². The van der Waals surface area contributed by atoms with E-state index in [1.54, 1.807) is 21.0 Å². The van der Waals surface area contributed by atoms with Crippen molar-refractivity contribution < 1.29 is 9.59 Å². The number of nitrogens with one attached hydrogen (secondary N) is 2. The molecule has 0 aliphatic carbocycles. The van der Waals surface area contributed by atoms with Gasteiger partial charge in [-0.25, -0.2) is 4.79 Å².